The van der Waals surface area contributed by atoms with E-state index in [-0.39, 0.29) is 18.6 Å². The number of hydrogen-bond donors (Lipinski definition) is 0. The lowest BCUT2D eigenvalue weighted by atomic mass is 10.1. The van der Waals surface area contributed by atoms with E-state index in [2.05, 4.69) is 0 Å². The third-order valence-electron chi connectivity index (χ3n) is 2.57. The lowest BCUT2D eigenvalue weighted by Gasteiger charge is -2.29. The van der Waals surface area contributed by atoms with Crippen LogP contribution < -0.4 is 9.64 Å². The third kappa shape index (κ3) is 2.38. The van der Waals surface area contributed by atoms with E-state index in [1.54, 1.807) is 12.0 Å². The van der Waals surface area contributed by atoms with E-state index in [1.807, 2.05) is 44.2 Å². The topological polar surface area (TPSA) is 38.8 Å². The van der Waals surface area contributed by atoms with E-state index in [0.29, 0.717) is 11.5 Å². The average Bonchev–Trinajstić information content (AvgIpc) is 2.34. The Kier molecular flexibility index (Phi) is 3.67. The van der Waals surface area contributed by atoms with Crippen molar-refractivity contribution in [1.82, 2.24) is 0 Å². The molecule has 4 heteroatoms. The molecule has 0 fully saturated rings. The van der Waals surface area contributed by atoms with Crippen molar-refractivity contribution in [2.24, 2.45) is 5.92 Å². The Labute approximate surface area is 107 Å². The maximum atomic E-state index is 12.3. The van der Waals surface area contributed by atoms with Crippen LogP contribution in [0.3, 0.4) is 0 Å². The Morgan fingerprint density at radius 3 is 2.78 bits per heavy atom. The molecule has 1 amide bonds. The molecular formula is C14H17NO3. The maximum absolute atomic E-state index is 12.3. The highest BCUT2D eigenvalue weighted by Crippen LogP contribution is 2.35. The van der Waals surface area contributed by atoms with Crippen LogP contribution in [0.4, 0.5) is 5.69 Å². The van der Waals surface area contributed by atoms with Gasteiger partial charge in [-0.25, -0.2) is 0 Å². The number of carbonyl (C=O) groups excluding carboxylic acids is 1. The minimum absolute atomic E-state index is 0.163. The number of ether oxygens (including phenoxy) is 2. The standard InChI is InChI=1S/C14H17NO3/c1-10(2)8-13-14(16)15(9-17-3)11-6-4-5-7-12(11)18-13/h4-8,10H,9H2,1-3H3/b13-8+. The maximum Gasteiger partial charge on any atom is 0.295 e. The van der Waals surface area contributed by atoms with Crippen molar-refractivity contribution >= 4 is 11.6 Å². The molecule has 0 saturated heterocycles. The molecule has 0 atom stereocenters. The second-order valence-electron chi connectivity index (χ2n) is 4.50. The Hall–Kier alpha value is -1.81. The summed E-state index contributed by atoms with van der Waals surface area (Å²) in [5, 5.41) is 0. The number of fused-ring (bicyclic) bond motifs is 1. The normalized spacial score (nSPS) is 17.0. The number of hydrogen-bond acceptors (Lipinski definition) is 3. The molecule has 4 nitrogen and oxygen atoms in total. The van der Waals surface area contributed by atoms with Gasteiger partial charge in [-0.15, -0.1) is 0 Å². The zero-order valence-electron chi connectivity index (χ0n) is 10.8. The second-order valence-corrected chi connectivity index (χ2v) is 4.50. The number of amides is 1. The molecule has 2 rings (SSSR count). The molecule has 1 aromatic rings. The first-order valence-electron chi connectivity index (χ1n) is 5.93. The van der Waals surface area contributed by atoms with Crippen LogP contribution in [0.2, 0.25) is 0 Å². The van der Waals surface area contributed by atoms with Crippen molar-refractivity contribution in [1.29, 1.82) is 0 Å². The van der Waals surface area contributed by atoms with Gasteiger partial charge < -0.3 is 9.47 Å². The van der Waals surface area contributed by atoms with Gasteiger partial charge in [-0.05, 0) is 24.1 Å². The molecule has 0 bridgehead atoms. The highest BCUT2D eigenvalue weighted by atomic mass is 16.5. The van der Waals surface area contributed by atoms with E-state index < -0.39 is 0 Å². The Bertz CT molecular complexity index is 480. The number of methoxy groups -OCH3 is 1. The minimum Gasteiger partial charge on any atom is -0.450 e. The van der Waals surface area contributed by atoms with E-state index in [1.165, 1.54) is 0 Å². The average molecular weight is 247 g/mol. The molecule has 0 aromatic heterocycles. The summed E-state index contributed by atoms with van der Waals surface area (Å²) in [6.07, 6.45) is 1.82. The lowest BCUT2D eigenvalue weighted by Crippen LogP contribution is -2.38. The number of allylic oxidation sites excluding steroid dienone is 1. The molecule has 1 heterocycles. The number of rotatable bonds is 3. The smallest absolute Gasteiger partial charge is 0.295 e. The molecule has 1 aliphatic rings. The quantitative estimate of drug-likeness (QED) is 0.770. The predicted molar refractivity (Wildman–Crippen MR) is 69.4 cm³/mol. The number of anilines is 1. The molecule has 18 heavy (non-hydrogen) atoms. The summed E-state index contributed by atoms with van der Waals surface area (Å²) in [5.41, 5.74) is 0.741. The summed E-state index contributed by atoms with van der Waals surface area (Å²) in [4.78, 5) is 13.8. The van der Waals surface area contributed by atoms with Gasteiger partial charge in [0.25, 0.3) is 5.91 Å². The molecule has 0 aliphatic carbocycles. The van der Waals surface area contributed by atoms with E-state index in [4.69, 9.17) is 9.47 Å². The van der Waals surface area contributed by atoms with Gasteiger partial charge in [0.2, 0.25) is 0 Å². The SMILES string of the molecule is COCN1C(=O)/C(=C\C(C)C)Oc2ccccc21. The van der Waals surface area contributed by atoms with Gasteiger partial charge in [0, 0.05) is 7.11 Å². The van der Waals surface area contributed by atoms with E-state index in [0.717, 1.165) is 5.69 Å². The summed E-state index contributed by atoms with van der Waals surface area (Å²) >= 11 is 0. The fourth-order valence-corrected chi connectivity index (χ4v) is 1.84. The van der Waals surface area contributed by atoms with Crippen LogP contribution in [0, 0.1) is 5.92 Å². The molecule has 1 aliphatic heterocycles. The summed E-state index contributed by atoms with van der Waals surface area (Å²) in [6, 6.07) is 7.44. The van der Waals surface area contributed by atoms with Gasteiger partial charge in [0.1, 0.15) is 6.73 Å². The Balaban J connectivity index is 2.43. The molecule has 0 radical (unpaired) electrons. The van der Waals surface area contributed by atoms with Crippen LogP contribution in [0.1, 0.15) is 13.8 Å². The fraction of sp³-hybridized carbons (Fsp3) is 0.357. The van der Waals surface area contributed by atoms with Gasteiger partial charge in [-0.2, -0.15) is 0 Å². The monoisotopic (exact) mass is 247 g/mol. The summed E-state index contributed by atoms with van der Waals surface area (Å²) < 4.78 is 10.7. The lowest BCUT2D eigenvalue weighted by molar-refractivity contribution is -0.118. The molecule has 0 saturated carbocycles. The number of carbonyl (C=O) groups is 1. The second kappa shape index (κ2) is 5.23. The van der Waals surface area contributed by atoms with Crippen molar-refractivity contribution in [3.8, 4) is 5.75 Å². The van der Waals surface area contributed by atoms with E-state index in [9.17, 15) is 4.79 Å². The first-order valence-corrected chi connectivity index (χ1v) is 5.93. The first kappa shape index (κ1) is 12.6. The largest absolute Gasteiger partial charge is 0.450 e. The highest BCUT2D eigenvalue weighted by Gasteiger charge is 2.29. The number of benzene rings is 1. The van der Waals surface area contributed by atoms with E-state index >= 15 is 0 Å². The fourth-order valence-electron chi connectivity index (χ4n) is 1.84. The van der Waals surface area contributed by atoms with Crippen LogP contribution in [-0.4, -0.2) is 19.7 Å². The molecular weight excluding hydrogens is 230 g/mol. The van der Waals surface area contributed by atoms with Crippen LogP contribution in [0.25, 0.3) is 0 Å². The zero-order chi connectivity index (χ0) is 13.1. The van der Waals surface area contributed by atoms with Crippen LogP contribution in [0.15, 0.2) is 36.1 Å². The van der Waals surface area contributed by atoms with Gasteiger partial charge in [0.05, 0.1) is 5.69 Å². The highest BCUT2D eigenvalue weighted by molar-refractivity contribution is 6.07. The van der Waals surface area contributed by atoms with Crippen molar-refractivity contribution in [2.75, 3.05) is 18.7 Å². The van der Waals surface area contributed by atoms with Crippen LogP contribution in [-0.2, 0) is 9.53 Å². The Morgan fingerprint density at radius 2 is 2.11 bits per heavy atom. The van der Waals surface area contributed by atoms with Crippen molar-refractivity contribution in [3.05, 3.63) is 36.1 Å². The summed E-state index contributed by atoms with van der Waals surface area (Å²) in [5.74, 6) is 1.13. The van der Waals surface area contributed by atoms with Crippen molar-refractivity contribution < 1.29 is 14.3 Å². The predicted octanol–water partition coefficient (Wildman–Crippen LogP) is 2.56. The summed E-state index contributed by atoms with van der Waals surface area (Å²) in [6.45, 7) is 4.23. The molecule has 0 spiro atoms. The first-order chi connectivity index (χ1) is 8.63. The van der Waals surface area contributed by atoms with Crippen molar-refractivity contribution in [3.63, 3.8) is 0 Å². The number of nitrogens with zero attached hydrogens (tertiary/aromatic N) is 1. The minimum atomic E-state index is -0.163. The van der Waals surface area contributed by atoms with Gasteiger partial charge in [-0.3, -0.25) is 9.69 Å². The number of para-hydroxylation sites is 2. The zero-order valence-corrected chi connectivity index (χ0v) is 10.8. The third-order valence-corrected chi connectivity index (χ3v) is 2.57. The van der Waals surface area contributed by atoms with Crippen LogP contribution in [0.5, 0.6) is 5.75 Å². The van der Waals surface area contributed by atoms with Gasteiger partial charge in [0.15, 0.2) is 11.5 Å². The summed E-state index contributed by atoms with van der Waals surface area (Å²) in [7, 11) is 1.57. The molecule has 0 unspecified atom stereocenters. The molecule has 96 valence electrons. The van der Waals surface area contributed by atoms with Gasteiger partial charge >= 0.3 is 0 Å². The van der Waals surface area contributed by atoms with Crippen molar-refractivity contribution in [2.45, 2.75) is 13.8 Å². The van der Waals surface area contributed by atoms with Crippen LogP contribution >= 0.6 is 0 Å². The molecule has 0 N–H and O–H groups in total. The molecule has 1 aromatic carbocycles. The van der Waals surface area contributed by atoms with Gasteiger partial charge in [-0.1, -0.05) is 26.0 Å². The Morgan fingerprint density at radius 1 is 1.39 bits per heavy atom.